The number of aliphatic imine (C=N–C) groups is 1. The summed E-state index contributed by atoms with van der Waals surface area (Å²) in [6.45, 7) is 5.25. The lowest BCUT2D eigenvalue weighted by atomic mass is 10.5. The van der Waals surface area contributed by atoms with Gasteiger partial charge in [-0.25, -0.2) is 0 Å². The summed E-state index contributed by atoms with van der Waals surface area (Å²) in [5.41, 5.74) is -1.16. The van der Waals surface area contributed by atoms with Gasteiger partial charge in [-0.2, -0.15) is 13.2 Å². The Bertz CT molecular complexity index is 113. The maximum absolute atomic E-state index is 11.2. The molecule has 0 aliphatic carbocycles. The minimum Gasteiger partial charge on any atom is -0.260 e. The van der Waals surface area contributed by atoms with E-state index < -0.39 is 11.9 Å². The molecule has 0 aromatic carbocycles. The van der Waals surface area contributed by atoms with Crippen molar-refractivity contribution in [1.82, 2.24) is 0 Å². The molecule has 0 amide bonds. The maximum Gasteiger partial charge on any atom is 0.432 e. The van der Waals surface area contributed by atoms with Gasteiger partial charge < -0.3 is 0 Å². The van der Waals surface area contributed by atoms with Crippen LogP contribution in [0, 0.1) is 0 Å². The first-order valence-electron chi connectivity index (χ1n) is 1.71. The molecule has 0 fully saturated rings. The van der Waals surface area contributed by atoms with Crippen molar-refractivity contribution < 1.29 is 13.2 Å². The minimum atomic E-state index is -4.41. The molecule has 4 heteroatoms. The van der Waals surface area contributed by atoms with Crippen LogP contribution in [0.3, 0.4) is 0 Å². The van der Waals surface area contributed by atoms with Gasteiger partial charge in [0, 0.05) is 0 Å². The standard InChI is InChI=1S/C4H4F3N/c1-3(8-2)4(5,6)7/h1-2H2. The fourth-order valence-electron chi connectivity index (χ4n) is 0.0896. The van der Waals surface area contributed by atoms with Crippen molar-refractivity contribution in [3.8, 4) is 0 Å². The third kappa shape index (κ3) is 1.77. The highest BCUT2D eigenvalue weighted by molar-refractivity contribution is 5.29. The molecule has 0 unspecified atom stereocenters. The van der Waals surface area contributed by atoms with Gasteiger partial charge in [-0.1, -0.05) is 6.58 Å². The summed E-state index contributed by atoms with van der Waals surface area (Å²) in [6.07, 6.45) is -4.41. The number of allylic oxidation sites excluding steroid dienone is 1. The quantitative estimate of drug-likeness (QED) is 0.471. The molecule has 0 radical (unpaired) electrons. The second-order valence-electron chi connectivity index (χ2n) is 1.10. The van der Waals surface area contributed by atoms with Gasteiger partial charge in [0.1, 0.15) is 5.70 Å². The molecule has 0 rings (SSSR count). The predicted octanol–water partition coefficient (Wildman–Crippen LogP) is 1.76. The highest BCUT2D eigenvalue weighted by Crippen LogP contribution is 2.23. The van der Waals surface area contributed by atoms with Crippen molar-refractivity contribution >= 4 is 6.72 Å². The molecule has 0 saturated carbocycles. The summed E-state index contributed by atoms with van der Waals surface area (Å²) in [6, 6.07) is 0. The Labute approximate surface area is 44.5 Å². The number of halogens is 3. The molecule has 0 atom stereocenters. The summed E-state index contributed by atoms with van der Waals surface area (Å²) in [5, 5.41) is 0. The van der Waals surface area contributed by atoms with E-state index in [2.05, 4.69) is 18.3 Å². The monoisotopic (exact) mass is 123 g/mol. The van der Waals surface area contributed by atoms with Crippen molar-refractivity contribution in [2.24, 2.45) is 4.99 Å². The molecule has 0 aromatic heterocycles. The Morgan fingerprint density at radius 3 is 1.75 bits per heavy atom. The van der Waals surface area contributed by atoms with Crippen molar-refractivity contribution in [2.75, 3.05) is 0 Å². The van der Waals surface area contributed by atoms with Gasteiger partial charge in [-0.15, -0.1) is 0 Å². The molecule has 0 aliphatic heterocycles. The molecule has 46 valence electrons. The highest BCUT2D eigenvalue weighted by Gasteiger charge is 2.30. The van der Waals surface area contributed by atoms with E-state index in [9.17, 15) is 13.2 Å². The van der Waals surface area contributed by atoms with Crippen molar-refractivity contribution in [2.45, 2.75) is 6.18 Å². The van der Waals surface area contributed by atoms with Crippen LogP contribution in [-0.4, -0.2) is 12.9 Å². The molecule has 0 bridgehead atoms. The fourth-order valence-corrected chi connectivity index (χ4v) is 0.0896. The Kier molecular flexibility index (Phi) is 1.78. The SMILES string of the molecule is C=NC(=C)C(F)(F)F. The zero-order valence-electron chi connectivity index (χ0n) is 4.00. The molecule has 0 spiro atoms. The average Bonchev–Trinajstić information content (AvgIpc) is 1.62. The number of nitrogens with zero attached hydrogens (tertiary/aromatic N) is 1. The van der Waals surface area contributed by atoms with Gasteiger partial charge in [0.2, 0.25) is 0 Å². The molecule has 0 aromatic rings. The Balaban J connectivity index is 4.02. The normalized spacial score (nSPS) is 10.9. The molecular formula is C4H4F3N. The van der Waals surface area contributed by atoms with Gasteiger partial charge in [-0.05, 0) is 6.72 Å². The first-order valence-corrected chi connectivity index (χ1v) is 1.71. The predicted molar refractivity (Wildman–Crippen MR) is 24.7 cm³/mol. The number of hydrogen-bond donors (Lipinski definition) is 0. The van der Waals surface area contributed by atoms with E-state index in [1.165, 1.54) is 0 Å². The summed E-state index contributed by atoms with van der Waals surface area (Å²) in [4.78, 5) is 2.59. The van der Waals surface area contributed by atoms with E-state index in [1.807, 2.05) is 0 Å². The van der Waals surface area contributed by atoms with Crippen molar-refractivity contribution in [3.63, 3.8) is 0 Å². The lowest BCUT2D eigenvalue weighted by molar-refractivity contribution is -0.0918. The second-order valence-corrected chi connectivity index (χ2v) is 1.10. The molecule has 1 nitrogen and oxygen atoms in total. The van der Waals surface area contributed by atoms with Crippen LogP contribution in [0.2, 0.25) is 0 Å². The summed E-state index contributed by atoms with van der Waals surface area (Å²) in [5.74, 6) is 0. The topological polar surface area (TPSA) is 12.4 Å². The molecule has 8 heavy (non-hydrogen) atoms. The average molecular weight is 123 g/mol. The maximum atomic E-state index is 11.2. The van der Waals surface area contributed by atoms with Crippen LogP contribution in [0.5, 0.6) is 0 Å². The lowest BCUT2D eigenvalue weighted by Crippen LogP contribution is -2.07. The molecule has 0 saturated heterocycles. The Morgan fingerprint density at radius 1 is 1.38 bits per heavy atom. The first kappa shape index (κ1) is 7.20. The van der Waals surface area contributed by atoms with Crippen LogP contribution in [-0.2, 0) is 0 Å². The summed E-state index contributed by atoms with van der Waals surface area (Å²) < 4.78 is 33.6. The number of rotatable bonds is 1. The van der Waals surface area contributed by atoms with Crippen LogP contribution in [0.25, 0.3) is 0 Å². The smallest absolute Gasteiger partial charge is 0.260 e. The molecule has 0 aliphatic rings. The molecular weight excluding hydrogens is 119 g/mol. The van der Waals surface area contributed by atoms with E-state index in [0.29, 0.717) is 0 Å². The van der Waals surface area contributed by atoms with Crippen LogP contribution >= 0.6 is 0 Å². The molecule has 0 N–H and O–H groups in total. The third-order valence-corrected chi connectivity index (χ3v) is 0.518. The van der Waals surface area contributed by atoms with E-state index in [4.69, 9.17) is 0 Å². The van der Waals surface area contributed by atoms with Crippen LogP contribution in [0.15, 0.2) is 17.3 Å². The largest absolute Gasteiger partial charge is 0.432 e. The van der Waals surface area contributed by atoms with E-state index >= 15 is 0 Å². The van der Waals surface area contributed by atoms with E-state index in [1.54, 1.807) is 0 Å². The number of hydrogen-bond acceptors (Lipinski definition) is 1. The van der Waals surface area contributed by atoms with Crippen molar-refractivity contribution in [1.29, 1.82) is 0 Å². The number of alkyl halides is 3. The summed E-state index contributed by atoms with van der Waals surface area (Å²) >= 11 is 0. The Morgan fingerprint density at radius 2 is 1.75 bits per heavy atom. The van der Waals surface area contributed by atoms with E-state index in [-0.39, 0.29) is 0 Å². The van der Waals surface area contributed by atoms with Gasteiger partial charge in [-0.3, -0.25) is 4.99 Å². The fraction of sp³-hybridized carbons (Fsp3) is 0.250. The van der Waals surface area contributed by atoms with Crippen LogP contribution < -0.4 is 0 Å². The van der Waals surface area contributed by atoms with Gasteiger partial charge in [0.25, 0.3) is 0 Å². The van der Waals surface area contributed by atoms with E-state index in [0.717, 1.165) is 0 Å². The molecule has 0 heterocycles. The van der Waals surface area contributed by atoms with Gasteiger partial charge in [0.05, 0.1) is 0 Å². The second kappa shape index (κ2) is 1.98. The lowest BCUT2D eigenvalue weighted by Gasteiger charge is -2.01. The van der Waals surface area contributed by atoms with Gasteiger partial charge in [0.15, 0.2) is 0 Å². The zero-order chi connectivity index (χ0) is 6.78. The zero-order valence-corrected chi connectivity index (χ0v) is 4.00. The third-order valence-electron chi connectivity index (χ3n) is 0.518. The van der Waals surface area contributed by atoms with Crippen LogP contribution in [0.1, 0.15) is 0 Å². The minimum absolute atomic E-state index is 1.16. The first-order chi connectivity index (χ1) is 3.48. The van der Waals surface area contributed by atoms with Crippen LogP contribution in [0.4, 0.5) is 13.2 Å². The summed E-state index contributed by atoms with van der Waals surface area (Å²) in [7, 11) is 0. The Hall–Kier alpha value is -0.800. The highest BCUT2D eigenvalue weighted by atomic mass is 19.4. The van der Waals surface area contributed by atoms with Gasteiger partial charge >= 0.3 is 6.18 Å². The van der Waals surface area contributed by atoms with Crippen molar-refractivity contribution in [3.05, 3.63) is 12.3 Å².